The standard InChI is InChI=1S/C14H21NO2/c1-12-5-7-13(8-6-12)4-3-9-17-11-14(16)10-15-2/h5-8,15H,3-4,9-11H2,1-2H3. The number of carbonyl (C=O) groups is 1. The summed E-state index contributed by atoms with van der Waals surface area (Å²) in [6.45, 7) is 3.33. The van der Waals surface area contributed by atoms with Gasteiger partial charge in [0.25, 0.3) is 0 Å². The smallest absolute Gasteiger partial charge is 0.172 e. The molecule has 0 aliphatic heterocycles. The average molecular weight is 235 g/mol. The molecule has 1 aromatic rings. The van der Waals surface area contributed by atoms with E-state index < -0.39 is 0 Å². The Kier molecular flexibility index (Phi) is 6.51. The molecule has 94 valence electrons. The van der Waals surface area contributed by atoms with E-state index in [9.17, 15) is 4.79 Å². The number of Topliss-reactive ketones (excluding diaryl/α,β-unsaturated/α-hetero) is 1. The van der Waals surface area contributed by atoms with E-state index in [0.29, 0.717) is 13.2 Å². The fourth-order valence-corrected chi connectivity index (χ4v) is 1.57. The summed E-state index contributed by atoms with van der Waals surface area (Å²) in [6, 6.07) is 8.52. The number of ketones is 1. The Balaban J connectivity index is 2.08. The molecule has 1 N–H and O–H groups in total. The normalized spacial score (nSPS) is 10.5. The molecule has 0 bridgehead atoms. The van der Waals surface area contributed by atoms with Crippen LogP contribution >= 0.6 is 0 Å². The van der Waals surface area contributed by atoms with Gasteiger partial charge in [-0.3, -0.25) is 4.79 Å². The molecule has 1 aromatic carbocycles. The summed E-state index contributed by atoms with van der Waals surface area (Å²) in [5, 5.41) is 2.81. The van der Waals surface area contributed by atoms with Gasteiger partial charge in [0, 0.05) is 6.61 Å². The Labute approximate surface area is 103 Å². The van der Waals surface area contributed by atoms with E-state index in [1.54, 1.807) is 7.05 Å². The van der Waals surface area contributed by atoms with Crippen LogP contribution in [0.1, 0.15) is 17.5 Å². The van der Waals surface area contributed by atoms with E-state index in [1.807, 2.05) is 0 Å². The molecule has 0 saturated heterocycles. The van der Waals surface area contributed by atoms with E-state index in [0.717, 1.165) is 12.8 Å². The van der Waals surface area contributed by atoms with E-state index >= 15 is 0 Å². The van der Waals surface area contributed by atoms with Crippen LogP contribution in [-0.4, -0.2) is 32.6 Å². The Morgan fingerprint density at radius 3 is 2.65 bits per heavy atom. The third-order valence-corrected chi connectivity index (χ3v) is 2.51. The van der Waals surface area contributed by atoms with Crippen LogP contribution in [-0.2, 0) is 16.0 Å². The fraction of sp³-hybridized carbons (Fsp3) is 0.500. The van der Waals surface area contributed by atoms with Crippen molar-refractivity contribution in [2.45, 2.75) is 19.8 Å². The highest BCUT2D eigenvalue weighted by atomic mass is 16.5. The lowest BCUT2D eigenvalue weighted by molar-refractivity contribution is -0.122. The van der Waals surface area contributed by atoms with Gasteiger partial charge in [0.2, 0.25) is 0 Å². The number of carbonyl (C=O) groups excluding carboxylic acids is 1. The van der Waals surface area contributed by atoms with Crippen molar-refractivity contribution in [2.75, 3.05) is 26.8 Å². The van der Waals surface area contributed by atoms with Crippen LogP contribution in [0.25, 0.3) is 0 Å². The lowest BCUT2D eigenvalue weighted by atomic mass is 10.1. The maximum Gasteiger partial charge on any atom is 0.172 e. The summed E-state index contributed by atoms with van der Waals surface area (Å²) in [4.78, 5) is 11.1. The van der Waals surface area contributed by atoms with Crippen molar-refractivity contribution >= 4 is 5.78 Å². The van der Waals surface area contributed by atoms with Crippen molar-refractivity contribution < 1.29 is 9.53 Å². The van der Waals surface area contributed by atoms with Gasteiger partial charge in [-0.25, -0.2) is 0 Å². The fourth-order valence-electron chi connectivity index (χ4n) is 1.57. The summed E-state index contributed by atoms with van der Waals surface area (Å²) in [5.41, 5.74) is 2.60. The molecule has 0 fully saturated rings. The van der Waals surface area contributed by atoms with Gasteiger partial charge in [-0.2, -0.15) is 0 Å². The predicted molar refractivity (Wildman–Crippen MR) is 69.3 cm³/mol. The summed E-state index contributed by atoms with van der Waals surface area (Å²) in [6.07, 6.45) is 1.95. The number of benzene rings is 1. The second kappa shape index (κ2) is 7.98. The number of likely N-dealkylation sites (N-methyl/N-ethyl adjacent to an activating group) is 1. The van der Waals surface area contributed by atoms with E-state index in [4.69, 9.17) is 4.74 Å². The largest absolute Gasteiger partial charge is 0.374 e. The lowest BCUT2D eigenvalue weighted by Gasteiger charge is -2.04. The van der Waals surface area contributed by atoms with Crippen molar-refractivity contribution in [3.05, 3.63) is 35.4 Å². The summed E-state index contributed by atoms with van der Waals surface area (Å²) >= 11 is 0. The van der Waals surface area contributed by atoms with Gasteiger partial charge < -0.3 is 10.1 Å². The van der Waals surface area contributed by atoms with Gasteiger partial charge >= 0.3 is 0 Å². The highest BCUT2D eigenvalue weighted by Gasteiger charge is 1.99. The van der Waals surface area contributed by atoms with Crippen molar-refractivity contribution in [1.29, 1.82) is 0 Å². The van der Waals surface area contributed by atoms with Crippen LogP contribution in [0.5, 0.6) is 0 Å². The minimum absolute atomic E-state index is 0.0998. The van der Waals surface area contributed by atoms with Gasteiger partial charge in [0.1, 0.15) is 6.61 Å². The Morgan fingerprint density at radius 2 is 2.00 bits per heavy atom. The average Bonchev–Trinajstić information content (AvgIpc) is 2.31. The van der Waals surface area contributed by atoms with Crippen LogP contribution in [0, 0.1) is 6.92 Å². The molecule has 0 radical (unpaired) electrons. The maximum absolute atomic E-state index is 11.1. The Bertz CT molecular complexity index is 333. The van der Waals surface area contributed by atoms with Crippen LogP contribution in [0.15, 0.2) is 24.3 Å². The van der Waals surface area contributed by atoms with Crippen molar-refractivity contribution in [3.8, 4) is 0 Å². The first-order chi connectivity index (χ1) is 8.22. The molecule has 0 aromatic heterocycles. The highest BCUT2D eigenvalue weighted by Crippen LogP contribution is 2.05. The van der Waals surface area contributed by atoms with E-state index in [2.05, 4.69) is 36.5 Å². The van der Waals surface area contributed by atoms with Crippen molar-refractivity contribution in [2.24, 2.45) is 0 Å². The topological polar surface area (TPSA) is 38.3 Å². The second-order valence-electron chi connectivity index (χ2n) is 4.21. The summed E-state index contributed by atoms with van der Waals surface area (Å²) < 4.78 is 5.30. The number of aryl methyl sites for hydroxylation is 2. The maximum atomic E-state index is 11.1. The number of hydrogen-bond acceptors (Lipinski definition) is 3. The Hall–Kier alpha value is -1.19. The van der Waals surface area contributed by atoms with Gasteiger partial charge in [0.15, 0.2) is 5.78 Å². The molecule has 0 unspecified atom stereocenters. The van der Waals surface area contributed by atoms with Crippen molar-refractivity contribution in [3.63, 3.8) is 0 Å². The number of nitrogens with one attached hydrogen (secondary N) is 1. The molecule has 0 atom stereocenters. The highest BCUT2D eigenvalue weighted by molar-refractivity contribution is 5.81. The third-order valence-electron chi connectivity index (χ3n) is 2.51. The quantitative estimate of drug-likeness (QED) is 0.697. The third kappa shape index (κ3) is 6.19. The molecule has 0 saturated carbocycles. The number of rotatable bonds is 8. The minimum Gasteiger partial charge on any atom is -0.374 e. The molecule has 1 rings (SSSR count). The Morgan fingerprint density at radius 1 is 1.29 bits per heavy atom. The summed E-state index contributed by atoms with van der Waals surface area (Å²) in [7, 11) is 1.76. The molecule has 0 spiro atoms. The van der Waals surface area contributed by atoms with Crippen LogP contribution < -0.4 is 5.32 Å². The summed E-state index contributed by atoms with van der Waals surface area (Å²) in [5.74, 6) is 0.0998. The first-order valence-corrected chi connectivity index (χ1v) is 6.02. The lowest BCUT2D eigenvalue weighted by Crippen LogP contribution is -2.22. The van der Waals surface area contributed by atoms with Gasteiger partial charge in [-0.15, -0.1) is 0 Å². The molecule has 0 aliphatic carbocycles. The first-order valence-electron chi connectivity index (χ1n) is 6.02. The molecule has 0 amide bonds. The number of ether oxygens (including phenoxy) is 1. The van der Waals surface area contributed by atoms with Crippen LogP contribution in [0.4, 0.5) is 0 Å². The molecular weight excluding hydrogens is 214 g/mol. The molecule has 0 aliphatic rings. The van der Waals surface area contributed by atoms with Gasteiger partial charge in [-0.05, 0) is 32.4 Å². The molecule has 3 nitrogen and oxygen atoms in total. The van der Waals surface area contributed by atoms with Gasteiger partial charge in [-0.1, -0.05) is 29.8 Å². The van der Waals surface area contributed by atoms with E-state index in [-0.39, 0.29) is 12.4 Å². The zero-order valence-electron chi connectivity index (χ0n) is 10.7. The molecule has 17 heavy (non-hydrogen) atoms. The second-order valence-corrected chi connectivity index (χ2v) is 4.21. The zero-order chi connectivity index (χ0) is 12.5. The molecule has 0 heterocycles. The predicted octanol–water partition coefficient (Wildman–Crippen LogP) is 1.73. The monoisotopic (exact) mass is 235 g/mol. The number of hydrogen-bond donors (Lipinski definition) is 1. The van der Waals surface area contributed by atoms with Crippen LogP contribution in [0.3, 0.4) is 0 Å². The van der Waals surface area contributed by atoms with Gasteiger partial charge in [0.05, 0.1) is 6.54 Å². The zero-order valence-corrected chi connectivity index (χ0v) is 10.7. The first kappa shape index (κ1) is 13.9. The SMILES string of the molecule is CNCC(=O)COCCCc1ccc(C)cc1. The molecular formula is C14H21NO2. The minimum atomic E-state index is 0.0998. The van der Waals surface area contributed by atoms with E-state index in [1.165, 1.54) is 11.1 Å². The van der Waals surface area contributed by atoms with Crippen molar-refractivity contribution in [1.82, 2.24) is 5.32 Å². The molecule has 3 heteroatoms. The van der Waals surface area contributed by atoms with Crippen LogP contribution in [0.2, 0.25) is 0 Å².